The number of rotatable bonds is 6. The van der Waals surface area contributed by atoms with Crippen LogP contribution in [0.4, 0.5) is 0 Å². The minimum Gasteiger partial charge on any atom is -0.489 e. The predicted molar refractivity (Wildman–Crippen MR) is 105 cm³/mol. The van der Waals surface area contributed by atoms with E-state index in [1.807, 2.05) is 60.7 Å². The van der Waals surface area contributed by atoms with Gasteiger partial charge in [0.25, 0.3) is 0 Å². The molecule has 3 aromatic carbocycles. The third-order valence-corrected chi connectivity index (χ3v) is 4.01. The van der Waals surface area contributed by atoms with Crippen LogP contribution in [0.25, 0.3) is 11.1 Å². The number of nitrogen functional groups attached to an aromatic ring is 2. The molecule has 0 saturated heterocycles. The SMILES string of the molecule is N=C(N)c1cccc(OCc2ccc(-c3cccc(C(=N)N)c3)cc2)c1. The van der Waals surface area contributed by atoms with E-state index in [9.17, 15) is 0 Å². The van der Waals surface area contributed by atoms with Crippen molar-refractivity contribution in [1.82, 2.24) is 0 Å². The smallest absolute Gasteiger partial charge is 0.122 e. The van der Waals surface area contributed by atoms with E-state index in [2.05, 4.69) is 0 Å². The molecule has 0 bridgehead atoms. The van der Waals surface area contributed by atoms with E-state index in [-0.39, 0.29) is 11.7 Å². The Morgan fingerprint density at radius 1 is 0.731 bits per heavy atom. The summed E-state index contributed by atoms with van der Waals surface area (Å²) >= 11 is 0. The zero-order chi connectivity index (χ0) is 18.5. The first-order valence-corrected chi connectivity index (χ1v) is 8.14. The van der Waals surface area contributed by atoms with Gasteiger partial charge in [0, 0.05) is 11.1 Å². The number of hydrogen-bond donors (Lipinski definition) is 4. The van der Waals surface area contributed by atoms with Gasteiger partial charge in [-0.2, -0.15) is 0 Å². The molecule has 130 valence electrons. The van der Waals surface area contributed by atoms with Crippen molar-refractivity contribution in [1.29, 1.82) is 10.8 Å². The van der Waals surface area contributed by atoms with Crippen molar-refractivity contribution >= 4 is 11.7 Å². The highest BCUT2D eigenvalue weighted by atomic mass is 16.5. The monoisotopic (exact) mass is 344 g/mol. The molecule has 0 unspecified atom stereocenters. The Balaban J connectivity index is 1.70. The van der Waals surface area contributed by atoms with Crippen molar-refractivity contribution in [3.63, 3.8) is 0 Å². The lowest BCUT2D eigenvalue weighted by Gasteiger charge is -2.09. The van der Waals surface area contributed by atoms with Gasteiger partial charge >= 0.3 is 0 Å². The van der Waals surface area contributed by atoms with Crippen LogP contribution in [0.2, 0.25) is 0 Å². The Hall–Kier alpha value is -3.60. The molecule has 0 aliphatic heterocycles. The van der Waals surface area contributed by atoms with E-state index in [4.69, 9.17) is 27.0 Å². The van der Waals surface area contributed by atoms with Crippen LogP contribution in [0.5, 0.6) is 5.75 Å². The Labute approximate surface area is 152 Å². The van der Waals surface area contributed by atoms with Gasteiger partial charge < -0.3 is 16.2 Å². The third kappa shape index (κ3) is 4.08. The highest BCUT2D eigenvalue weighted by molar-refractivity contribution is 5.96. The van der Waals surface area contributed by atoms with Crippen LogP contribution in [0, 0.1) is 10.8 Å². The van der Waals surface area contributed by atoms with Gasteiger partial charge in [-0.15, -0.1) is 0 Å². The summed E-state index contributed by atoms with van der Waals surface area (Å²) in [5, 5.41) is 15.0. The molecule has 3 rings (SSSR count). The van der Waals surface area contributed by atoms with E-state index in [0.29, 0.717) is 23.5 Å². The van der Waals surface area contributed by atoms with Crippen LogP contribution >= 0.6 is 0 Å². The summed E-state index contributed by atoms with van der Waals surface area (Å²) in [6.07, 6.45) is 0. The molecule has 3 aromatic rings. The molecule has 0 radical (unpaired) electrons. The summed E-state index contributed by atoms with van der Waals surface area (Å²) in [6, 6.07) is 22.8. The molecule has 0 heterocycles. The minimum atomic E-state index is 0.0209. The summed E-state index contributed by atoms with van der Waals surface area (Å²) in [6.45, 7) is 0.426. The molecule has 0 saturated carbocycles. The number of ether oxygens (including phenoxy) is 1. The molecule has 5 nitrogen and oxygen atoms in total. The Bertz CT molecular complexity index is 948. The predicted octanol–water partition coefficient (Wildman–Crippen LogP) is 3.50. The van der Waals surface area contributed by atoms with E-state index in [1.165, 1.54) is 0 Å². The van der Waals surface area contributed by atoms with Gasteiger partial charge in [-0.1, -0.05) is 54.6 Å². The number of nitrogens with one attached hydrogen (secondary N) is 2. The average molecular weight is 344 g/mol. The van der Waals surface area contributed by atoms with Crippen LogP contribution in [0.15, 0.2) is 72.8 Å². The molecule has 0 fully saturated rings. The van der Waals surface area contributed by atoms with Gasteiger partial charge in [-0.25, -0.2) is 0 Å². The summed E-state index contributed by atoms with van der Waals surface area (Å²) < 4.78 is 5.78. The number of hydrogen-bond acceptors (Lipinski definition) is 3. The van der Waals surface area contributed by atoms with Crippen LogP contribution in [-0.2, 0) is 6.61 Å². The minimum absolute atomic E-state index is 0.0209. The first-order chi connectivity index (χ1) is 12.5. The fourth-order valence-corrected chi connectivity index (χ4v) is 2.58. The maximum atomic E-state index is 7.55. The van der Waals surface area contributed by atoms with Crippen LogP contribution in [-0.4, -0.2) is 11.7 Å². The fourth-order valence-electron chi connectivity index (χ4n) is 2.58. The first kappa shape index (κ1) is 17.2. The molecule has 0 aliphatic carbocycles. The molecular weight excluding hydrogens is 324 g/mol. The average Bonchev–Trinajstić information content (AvgIpc) is 2.67. The highest BCUT2D eigenvalue weighted by Crippen LogP contribution is 2.22. The van der Waals surface area contributed by atoms with E-state index < -0.39 is 0 Å². The van der Waals surface area contributed by atoms with Crippen molar-refractivity contribution in [2.75, 3.05) is 0 Å². The van der Waals surface area contributed by atoms with Crippen molar-refractivity contribution in [2.24, 2.45) is 11.5 Å². The zero-order valence-electron chi connectivity index (χ0n) is 14.2. The van der Waals surface area contributed by atoms with E-state index >= 15 is 0 Å². The lowest BCUT2D eigenvalue weighted by Crippen LogP contribution is -2.10. The molecule has 0 aromatic heterocycles. The molecule has 5 heteroatoms. The number of amidine groups is 2. The molecule has 26 heavy (non-hydrogen) atoms. The van der Waals surface area contributed by atoms with Gasteiger partial charge in [-0.05, 0) is 34.9 Å². The normalized spacial score (nSPS) is 10.3. The molecular formula is C21H20N4O. The van der Waals surface area contributed by atoms with Gasteiger partial charge in [0.05, 0.1) is 0 Å². The van der Waals surface area contributed by atoms with Crippen molar-refractivity contribution < 1.29 is 4.74 Å². The maximum Gasteiger partial charge on any atom is 0.122 e. The van der Waals surface area contributed by atoms with Crippen LogP contribution < -0.4 is 16.2 Å². The number of nitrogens with two attached hydrogens (primary N) is 2. The largest absolute Gasteiger partial charge is 0.489 e. The summed E-state index contributed by atoms with van der Waals surface area (Å²) in [4.78, 5) is 0. The Morgan fingerprint density at radius 2 is 1.35 bits per heavy atom. The third-order valence-electron chi connectivity index (χ3n) is 4.01. The van der Waals surface area contributed by atoms with Crippen molar-refractivity contribution in [3.8, 4) is 16.9 Å². The van der Waals surface area contributed by atoms with E-state index in [1.54, 1.807) is 12.1 Å². The fraction of sp³-hybridized carbons (Fsp3) is 0.0476. The Morgan fingerprint density at radius 3 is 2.00 bits per heavy atom. The summed E-state index contributed by atoms with van der Waals surface area (Å²) in [7, 11) is 0. The quantitative estimate of drug-likeness (QED) is 0.406. The van der Waals surface area contributed by atoms with Crippen LogP contribution in [0.1, 0.15) is 16.7 Å². The molecule has 0 aliphatic rings. The number of benzene rings is 3. The Kier molecular flexibility index (Phi) is 4.99. The lowest BCUT2D eigenvalue weighted by atomic mass is 10.0. The molecule has 0 spiro atoms. The summed E-state index contributed by atoms with van der Waals surface area (Å²) in [5.74, 6) is 0.758. The van der Waals surface area contributed by atoms with Gasteiger partial charge in [0.2, 0.25) is 0 Å². The van der Waals surface area contributed by atoms with Gasteiger partial charge in [0.15, 0.2) is 0 Å². The second-order valence-electron chi connectivity index (χ2n) is 5.92. The lowest BCUT2D eigenvalue weighted by molar-refractivity contribution is 0.306. The van der Waals surface area contributed by atoms with Crippen molar-refractivity contribution in [3.05, 3.63) is 89.5 Å². The second kappa shape index (κ2) is 7.53. The van der Waals surface area contributed by atoms with Crippen LogP contribution in [0.3, 0.4) is 0 Å². The topological polar surface area (TPSA) is 109 Å². The molecule has 6 N–H and O–H groups in total. The molecule has 0 amide bonds. The van der Waals surface area contributed by atoms with Gasteiger partial charge in [0.1, 0.15) is 24.0 Å². The highest BCUT2D eigenvalue weighted by Gasteiger charge is 2.03. The second-order valence-corrected chi connectivity index (χ2v) is 5.92. The standard InChI is InChI=1S/C21H20N4O/c22-20(23)17-4-1-3-16(11-17)15-9-7-14(8-10-15)13-26-19-6-2-5-18(12-19)21(24)25/h1-12H,13H2,(H3,22,23)(H3,24,25). The summed E-state index contributed by atoms with van der Waals surface area (Å²) in [5.41, 5.74) is 15.5. The van der Waals surface area contributed by atoms with Crippen molar-refractivity contribution in [2.45, 2.75) is 6.61 Å². The first-order valence-electron chi connectivity index (χ1n) is 8.14. The maximum absolute atomic E-state index is 7.55. The zero-order valence-corrected chi connectivity index (χ0v) is 14.2. The van der Waals surface area contributed by atoms with E-state index in [0.717, 1.165) is 16.7 Å². The molecule has 0 atom stereocenters. The van der Waals surface area contributed by atoms with Gasteiger partial charge in [-0.3, -0.25) is 10.8 Å².